The fraction of sp³-hybridized carbons (Fsp3) is 0.150. The molecule has 0 saturated carbocycles. The molecule has 1 amide bonds. The van der Waals surface area contributed by atoms with Gasteiger partial charge in [0.1, 0.15) is 21.7 Å². The van der Waals surface area contributed by atoms with Crippen LogP contribution in [0.1, 0.15) is 20.8 Å². The average Bonchev–Trinajstić information content (AvgIpc) is 3.00. The second kappa shape index (κ2) is 7.89. The first kappa shape index (κ1) is 18.4. The van der Waals surface area contributed by atoms with Crippen LogP contribution in [0, 0.1) is 18.3 Å². The molecule has 3 aromatic rings. The van der Waals surface area contributed by atoms with E-state index in [0.29, 0.717) is 21.2 Å². The molecule has 1 N–H and O–H groups in total. The number of thiophene rings is 1. The standard InChI is InChI=1S/C20H16N2O4S/c1-12-15(10-21)19(27-18(12)20(24)25-2)22-17(23)11-26-16-9-5-7-13-6-3-4-8-14(13)16/h3-9H,11H2,1-2H3,(H,22,23). The second-order valence-corrected chi connectivity index (χ2v) is 6.70. The molecule has 136 valence electrons. The first-order valence-electron chi connectivity index (χ1n) is 8.07. The summed E-state index contributed by atoms with van der Waals surface area (Å²) in [6, 6.07) is 15.3. The van der Waals surface area contributed by atoms with Gasteiger partial charge in [0.25, 0.3) is 5.91 Å². The highest BCUT2D eigenvalue weighted by Gasteiger charge is 2.22. The van der Waals surface area contributed by atoms with Crippen molar-refractivity contribution in [3.05, 3.63) is 58.5 Å². The summed E-state index contributed by atoms with van der Waals surface area (Å²) in [5.74, 6) is -0.361. The van der Waals surface area contributed by atoms with Crippen molar-refractivity contribution in [1.82, 2.24) is 0 Å². The Morgan fingerprint density at radius 3 is 2.67 bits per heavy atom. The topological polar surface area (TPSA) is 88.4 Å². The van der Waals surface area contributed by atoms with E-state index in [4.69, 9.17) is 9.47 Å². The number of ether oxygens (including phenoxy) is 2. The Kier molecular flexibility index (Phi) is 5.38. The number of hydrogen-bond donors (Lipinski definition) is 1. The lowest BCUT2D eigenvalue weighted by molar-refractivity contribution is -0.118. The van der Waals surface area contributed by atoms with Crippen molar-refractivity contribution >= 4 is 39.0 Å². The van der Waals surface area contributed by atoms with Crippen LogP contribution in [0.5, 0.6) is 5.75 Å². The van der Waals surface area contributed by atoms with Crippen LogP contribution in [0.4, 0.5) is 5.00 Å². The number of anilines is 1. The maximum absolute atomic E-state index is 12.3. The van der Waals surface area contributed by atoms with Gasteiger partial charge in [-0.2, -0.15) is 5.26 Å². The van der Waals surface area contributed by atoms with Gasteiger partial charge in [-0.3, -0.25) is 4.79 Å². The zero-order valence-electron chi connectivity index (χ0n) is 14.7. The number of carbonyl (C=O) groups is 2. The molecule has 27 heavy (non-hydrogen) atoms. The SMILES string of the molecule is COC(=O)c1sc(NC(=O)COc2cccc3ccccc23)c(C#N)c1C. The molecule has 1 aromatic heterocycles. The number of nitrogens with zero attached hydrogens (tertiary/aromatic N) is 1. The molecule has 3 rings (SSSR count). The first-order chi connectivity index (χ1) is 13.0. The summed E-state index contributed by atoms with van der Waals surface area (Å²) in [6.07, 6.45) is 0. The second-order valence-electron chi connectivity index (χ2n) is 5.68. The molecule has 0 spiro atoms. The molecule has 0 fully saturated rings. The smallest absolute Gasteiger partial charge is 0.348 e. The van der Waals surface area contributed by atoms with E-state index in [0.717, 1.165) is 22.1 Å². The molecule has 0 aliphatic rings. The summed E-state index contributed by atoms with van der Waals surface area (Å²) in [6.45, 7) is 1.42. The van der Waals surface area contributed by atoms with Crippen molar-refractivity contribution in [2.24, 2.45) is 0 Å². The van der Waals surface area contributed by atoms with Gasteiger partial charge < -0.3 is 14.8 Å². The lowest BCUT2D eigenvalue weighted by Crippen LogP contribution is -2.20. The summed E-state index contributed by atoms with van der Waals surface area (Å²) in [5.41, 5.74) is 0.735. The fourth-order valence-corrected chi connectivity index (χ4v) is 3.74. The largest absolute Gasteiger partial charge is 0.483 e. The highest BCUT2D eigenvalue weighted by molar-refractivity contribution is 7.18. The number of amides is 1. The predicted octanol–water partition coefficient (Wildman–Crippen LogP) is 3.89. The highest BCUT2D eigenvalue weighted by atomic mass is 32.1. The van der Waals surface area contributed by atoms with Crippen LogP contribution < -0.4 is 10.1 Å². The quantitative estimate of drug-likeness (QED) is 0.679. The zero-order chi connectivity index (χ0) is 19.4. The molecule has 0 aliphatic carbocycles. The monoisotopic (exact) mass is 380 g/mol. The third-order valence-corrected chi connectivity index (χ3v) is 5.18. The van der Waals surface area contributed by atoms with E-state index in [-0.39, 0.29) is 12.2 Å². The Morgan fingerprint density at radius 1 is 1.19 bits per heavy atom. The Bertz CT molecular complexity index is 1060. The molecule has 7 heteroatoms. The highest BCUT2D eigenvalue weighted by Crippen LogP contribution is 2.33. The van der Waals surface area contributed by atoms with Gasteiger partial charge in [0.15, 0.2) is 6.61 Å². The van der Waals surface area contributed by atoms with Gasteiger partial charge in [-0.1, -0.05) is 36.4 Å². The Balaban J connectivity index is 1.75. The Hall–Kier alpha value is -3.37. The van der Waals surface area contributed by atoms with Gasteiger partial charge >= 0.3 is 5.97 Å². The van der Waals surface area contributed by atoms with E-state index in [1.807, 2.05) is 42.5 Å². The molecule has 0 aliphatic heterocycles. The van der Waals surface area contributed by atoms with Crippen LogP contribution in [-0.4, -0.2) is 25.6 Å². The van der Waals surface area contributed by atoms with Crippen molar-refractivity contribution in [3.8, 4) is 11.8 Å². The van der Waals surface area contributed by atoms with Gasteiger partial charge in [0.05, 0.1) is 12.7 Å². The van der Waals surface area contributed by atoms with Crippen molar-refractivity contribution in [2.75, 3.05) is 19.0 Å². The third-order valence-electron chi connectivity index (χ3n) is 3.99. The summed E-state index contributed by atoms with van der Waals surface area (Å²) in [5, 5.41) is 14.2. The number of nitrogens with one attached hydrogen (secondary N) is 1. The van der Waals surface area contributed by atoms with E-state index in [2.05, 4.69) is 5.32 Å². The van der Waals surface area contributed by atoms with E-state index >= 15 is 0 Å². The summed E-state index contributed by atoms with van der Waals surface area (Å²) in [4.78, 5) is 24.4. The van der Waals surface area contributed by atoms with Gasteiger partial charge in [0.2, 0.25) is 0 Å². The minimum atomic E-state index is -0.540. The van der Waals surface area contributed by atoms with Gasteiger partial charge in [-0.25, -0.2) is 4.79 Å². The number of fused-ring (bicyclic) bond motifs is 1. The number of rotatable bonds is 5. The maximum atomic E-state index is 12.3. The molecule has 6 nitrogen and oxygen atoms in total. The number of esters is 1. The van der Waals surface area contributed by atoms with E-state index in [9.17, 15) is 14.9 Å². The van der Waals surface area contributed by atoms with Gasteiger partial charge in [0, 0.05) is 5.39 Å². The summed E-state index contributed by atoms with van der Waals surface area (Å²) in [7, 11) is 1.27. The zero-order valence-corrected chi connectivity index (χ0v) is 15.6. The molecule has 1 heterocycles. The van der Waals surface area contributed by atoms with E-state index in [1.165, 1.54) is 7.11 Å². The number of benzene rings is 2. The molecule has 0 unspecified atom stereocenters. The molecule has 0 radical (unpaired) electrons. The van der Waals surface area contributed by atoms with Gasteiger partial charge in [-0.15, -0.1) is 11.3 Å². The molecular formula is C20H16N2O4S. The van der Waals surface area contributed by atoms with Crippen molar-refractivity contribution in [2.45, 2.75) is 6.92 Å². The number of methoxy groups -OCH3 is 1. The lowest BCUT2D eigenvalue weighted by atomic mass is 10.1. The Labute approximate surface area is 159 Å². The molecular weight excluding hydrogens is 364 g/mol. The summed E-state index contributed by atoms with van der Waals surface area (Å²) >= 11 is 1.01. The third kappa shape index (κ3) is 3.76. The number of nitriles is 1. The maximum Gasteiger partial charge on any atom is 0.348 e. The molecule has 0 saturated heterocycles. The minimum absolute atomic E-state index is 0.219. The summed E-state index contributed by atoms with van der Waals surface area (Å²) < 4.78 is 10.4. The molecule has 0 atom stereocenters. The molecule has 2 aromatic carbocycles. The van der Waals surface area contributed by atoms with Crippen LogP contribution in [0.2, 0.25) is 0 Å². The van der Waals surface area contributed by atoms with Crippen LogP contribution >= 0.6 is 11.3 Å². The van der Waals surface area contributed by atoms with E-state index in [1.54, 1.807) is 13.0 Å². The minimum Gasteiger partial charge on any atom is -0.483 e. The van der Waals surface area contributed by atoms with Crippen molar-refractivity contribution in [1.29, 1.82) is 5.26 Å². The van der Waals surface area contributed by atoms with Crippen molar-refractivity contribution < 1.29 is 19.1 Å². The normalized spacial score (nSPS) is 10.3. The lowest BCUT2D eigenvalue weighted by Gasteiger charge is -2.09. The average molecular weight is 380 g/mol. The fourth-order valence-electron chi connectivity index (χ4n) is 2.65. The Morgan fingerprint density at radius 2 is 1.93 bits per heavy atom. The van der Waals surface area contributed by atoms with Crippen LogP contribution in [0.3, 0.4) is 0 Å². The van der Waals surface area contributed by atoms with E-state index < -0.39 is 11.9 Å². The predicted molar refractivity (Wildman–Crippen MR) is 103 cm³/mol. The first-order valence-corrected chi connectivity index (χ1v) is 8.89. The van der Waals surface area contributed by atoms with Crippen molar-refractivity contribution in [3.63, 3.8) is 0 Å². The number of hydrogen-bond acceptors (Lipinski definition) is 6. The molecule has 0 bridgehead atoms. The van der Waals surface area contributed by atoms with Gasteiger partial charge in [-0.05, 0) is 23.9 Å². The number of carbonyl (C=O) groups excluding carboxylic acids is 2. The van der Waals surface area contributed by atoms with Crippen LogP contribution in [0.15, 0.2) is 42.5 Å². The van der Waals surface area contributed by atoms with Crippen LogP contribution in [-0.2, 0) is 9.53 Å². The van der Waals surface area contributed by atoms with Crippen LogP contribution in [0.25, 0.3) is 10.8 Å².